The lowest BCUT2D eigenvalue weighted by Gasteiger charge is -2.26. The molecule has 2 fully saturated rings. The Hall–Kier alpha value is -2.34. The molecule has 1 saturated carbocycles. The van der Waals surface area contributed by atoms with Gasteiger partial charge in [-0.1, -0.05) is 6.07 Å². The monoisotopic (exact) mass is 354 g/mol. The third-order valence-corrected chi connectivity index (χ3v) is 5.59. The van der Waals surface area contributed by atoms with Crippen LogP contribution in [0.4, 0.5) is 0 Å². The molecule has 1 N–H and O–H groups in total. The van der Waals surface area contributed by atoms with Crippen molar-refractivity contribution in [2.24, 2.45) is 5.92 Å². The predicted octanol–water partition coefficient (Wildman–Crippen LogP) is 2.37. The van der Waals surface area contributed by atoms with Crippen LogP contribution in [-0.4, -0.2) is 46.8 Å². The Bertz CT molecular complexity index is 773. The van der Waals surface area contributed by atoms with Crippen molar-refractivity contribution in [3.63, 3.8) is 0 Å². The fourth-order valence-electron chi connectivity index (χ4n) is 4.18. The van der Waals surface area contributed by atoms with Crippen molar-refractivity contribution in [2.75, 3.05) is 20.2 Å². The molecular weight excluding hydrogens is 328 g/mol. The Kier molecular flexibility index (Phi) is 4.93. The SMILES string of the molecule is COc1cccc(-n2cc(CNC(=O)CCN3C[C@H]4CC[C@@H]3C4)cn2)c1. The standard InChI is InChI=1S/C20H26N4O2/c1-26-19-4-2-3-18(10-19)24-14-16(12-22-24)11-21-20(25)7-8-23-13-15-5-6-17(23)9-15/h2-4,10,12,14-15,17H,5-9,11,13H2,1H3,(H,21,25)/t15-,17+/m0/s1. The highest BCUT2D eigenvalue weighted by atomic mass is 16.5. The number of fused-ring (bicyclic) bond motifs is 2. The Balaban J connectivity index is 1.25. The number of piperidine rings is 1. The van der Waals surface area contributed by atoms with Gasteiger partial charge >= 0.3 is 0 Å². The van der Waals surface area contributed by atoms with Gasteiger partial charge in [0.15, 0.2) is 0 Å². The first-order valence-electron chi connectivity index (χ1n) is 9.40. The average Bonchev–Trinajstić information content (AvgIpc) is 3.41. The van der Waals surface area contributed by atoms with Crippen molar-refractivity contribution in [1.29, 1.82) is 0 Å². The fraction of sp³-hybridized carbons (Fsp3) is 0.500. The summed E-state index contributed by atoms with van der Waals surface area (Å²) in [4.78, 5) is 14.7. The summed E-state index contributed by atoms with van der Waals surface area (Å²) in [5.41, 5.74) is 1.92. The lowest BCUT2D eigenvalue weighted by atomic mass is 10.1. The second-order valence-electron chi connectivity index (χ2n) is 7.35. The van der Waals surface area contributed by atoms with Gasteiger partial charge in [0.25, 0.3) is 0 Å². The highest BCUT2D eigenvalue weighted by Gasteiger charge is 2.37. The van der Waals surface area contributed by atoms with E-state index in [2.05, 4.69) is 15.3 Å². The van der Waals surface area contributed by atoms with Crippen molar-refractivity contribution in [3.05, 3.63) is 42.2 Å². The maximum Gasteiger partial charge on any atom is 0.221 e. The normalized spacial score (nSPS) is 21.9. The molecule has 2 aliphatic rings. The van der Waals surface area contributed by atoms with Gasteiger partial charge < -0.3 is 10.1 Å². The smallest absolute Gasteiger partial charge is 0.221 e. The van der Waals surface area contributed by atoms with Crippen molar-refractivity contribution < 1.29 is 9.53 Å². The van der Waals surface area contributed by atoms with Crippen LogP contribution in [0.5, 0.6) is 5.75 Å². The van der Waals surface area contributed by atoms with E-state index in [4.69, 9.17) is 4.74 Å². The molecular formula is C20H26N4O2. The van der Waals surface area contributed by atoms with Crippen molar-refractivity contribution >= 4 is 5.91 Å². The maximum absolute atomic E-state index is 12.2. The summed E-state index contributed by atoms with van der Waals surface area (Å²) in [6.45, 7) is 2.58. The number of rotatable bonds is 7. The van der Waals surface area contributed by atoms with E-state index in [0.29, 0.717) is 13.0 Å². The zero-order chi connectivity index (χ0) is 17.9. The van der Waals surface area contributed by atoms with Gasteiger partial charge in [0.1, 0.15) is 5.75 Å². The fourth-order valence-corrected chi connectivity index (χ4v) is 4.18. The molecule has 2 aromatic rings. The van der Waals surface area contributed by atoms with E-state index in [1.165, 1.54) is 25.8 Å². The first kappa shape index (κ1) is 17.1. The highest BCUT2D eigenvalue weighted by Crippen LogP contribution is 2.37. The van der Waals surface area contributed by atoms with E-state index < -0.39 is 0 Å². The molecule has 1 aliphatic carbocycles. The summed E-state index contributed by atoms with van der Waals surface area (Å²) < 4.78 is 7.04. The summed E-state index contributed by atoms with van der Waals surface area (Å²) in [5.74, 6) is 1.79. The van der Waals surface area contributed by atoms with Crippen molar-refractivity contribution in [2.45, 2.75) is 38.3 Å². The Labute approximate surface area is 154 Å². The van der Waals surface area contributed by atoms with Crippen LogP contribution in [0.25, 0.3) is 5.69 Å². The largest absolute Gasteiger partial charge is 0.497 e. The Morgan fingerprint density at radius 1 is 1.38 bits per heavy atom. The molecule has 2 bridgehead atoms. The van der Waals surface area contributed by atoms with E-state index in [1.807, 2.05) is 30.5 Å². The van der Waals surface area contributed by atoms with Crippen molar-refractivity contribution in [1.82, 2.24) is 20.0 Å². The number of nitrogens with zero attached hydrogens (tertiary/aromatic N) is 3. The van der Waals surface area contributed by atoms with Crippen LogP contribution in [0.2, 0.25) is 0 Å². The van der Waals surface area contributed by atoms with Gasteiger partial charge in [0.2, 0.25) is 5.91 Å². The third kappa shape index (κ3) is 3.75. The van der Waals surface area contributed by atoms with Gasteiger partial charge in [0.05, 0.1) is 19.0 Å². The Morgan fingerprint density at radius 3 is 3.08 bits per heavy atom. The second-order valence-corrected chi connectivity index (χ2v) is 7.35. The molecule has 1 aliphatic heterocycles. The molecule has 1 aromatic carbocycles. The number of methoxy groups -OCH3 is 1. The molecule has 138 valence electrons. The molecule has 0 unspecified atom stereocenters. The van der Waals surface area contributed by atoms with Crippen LogP contribution in [-0.2, 0) is 11.3 Å². The number of nitrogens with one attached hydrogen (secondary N) is 1. The summed E-state index contributed by atoms with van der Waals surface area (Å²) in [6.07, 6.45) is 8.34. The number of hydrogen-bond acceptors (Lipinski definition) is 4. The highest BCUT2D eigenvalue weighted by molar-refractivity contribution is 5.76. The molecule has 26 heavy (non-hydrogen) atoms. The van der Waals surface area contributed by atoms with Gasteiger partial charge in [0, 0.05) is 49.9 Å². The lowest BCUT2D eigenvalue weighted by Crippen LogP contribution is -2.35. The molecule has 2 atom stereocenters. The minimum Gasteiger partial charge on any atom is -0.497 e. The number of aromatic nitrogens is 2. The molecule has 6 heteroatoms. The number of hydrogen-bond donors (Lipinski definition) is 1. The van der Waals surface area contributed by atoms with E-state index in [-0.39, 0.29) is 5.91 Å². The first-order valence-corrected chi connectivity index (χ1v) is 9.40. The van der Waals surface area contributed by atoms with Crippen LogP contribution < -0.4 is 10.1 Å². The average molecular weight is 354 g/mol. The van der Waals surface area contributed by atoms with Gasteiger partial charge in [-0.3, -0.25) is 9.69 Å². The number of benzene rings is 1. The second kappa shape index (κ2) is 7.50. The van der Waals surface area contributed by atoms with Crippen LogP contribution in [0.3, 0.4) is 0 Å². The van der Waals surface area contributed by atoms with Crippen LogP contribution in [0, 0.1) is 5.92 Å². The molecule has 0 radical (unpaired) electrons. The number of carbonyl (C=O) groups excluding carboxylic acids is 1. The third-order valence-electron chi connectivity index (χ3n) is 5.59. The summed E-state index contributed by atoms with van der Waals surface area (Å²) in [7, 11) is 1.65. The topological polar surface area (TPSA) is 59.4 Å². The lowest BCUT2D eigenvalue weighted by molar-refractivity contribution is -0.121. The summed E-state index contributed by atoms with van der Waals surface area (Å²) in [6, 6.07) is 8.47. The molecule has 6 nitrogen and oxygen atoms in total. The number of amides is 1. The molecule has 4 rings (SSSR count). The van der Waals surface area contributed by atoms with Crippen LogP contribution in [0.15, 0.2) is 36.7 Å². The zero-order valence-electron chi connectivity index (χ0n) is 15.2. The molecule has 1 aromatic heterocycles. The molecule has 1 amide bonds. The predicted molar refractivity (Wildman–Crippen MR) is 99.3 cm³/mol. The van der Waals surface area contributed by atoms with Gasteiger partial charge in [-0.2, -0.15) is 5.10 Å². The zero-order valence-corrected chi connectivity index (χ0v) is 15.2. The maximum atomic E-state index is 12.2. The molecule has 1 saturated heterocycles. The van der Waals surface area contributed by atoms with Crippen LogP contribution >= 0.6 is 0 Å². The van der Waals surface area contributed by atoms with E-state index in [0.717, 1.165) is 35.5 Å². The minimum absolute atomic E-state index is 0.113. The molecule has 2 heterocycles. The number of carbonyl (C=O) groups is 1. The van der Waals surface area contributed by atoms with E-state index >= 15 is 0 Å². The summed E-state index contributed by atoms with van der Waals surface area (Å²) >= 11 is 0. The number of likely N-dealkylation sites (tertiary alicyclic amines) is 1. The van der Waals surface area contributed by atoms with E-state index in [9.17, 15) is 4.79 Å². The van der Waals surface area contributed by atoms with Gasteiger partial charge in [-0.15, -0.1) is 0 Å². The van der Waals surface area contributed by atoms with Crippen molar-refractivity contribution in [3.8, 4) is 11.4 Å². The van der Waals surface area contributed by atoms with Gasteiger partial charge in [-0.05, 0) is 37.3 Å². The van der Waals surface area contributed by atoms with Crippen LogP contribution in [0.1, 0.15) is 31.2 Å². The minimum atomic E-state index is 0.113. The Morgan fingerprint density at radius 2 is 2.31 bits per heavy atom. The first-order chi connectivity index (χ1) is 12.7. The molecule has 0 spiro atoms. The number of ether oxygens (including phenoxy) is 1. The van der Waals surface area contributed by atoms with E-state index in [1.54, 1.807) is 18.0 Å². The van der Waals surface area contributed by atoms with Gasteiger partial charge in [-0.25, -0.2) is 4.68 Å². The summed E-state index contributed by atoms with van der Waals surface area (Å²) in [5, 5.41) is 7.39. The quantitative estimate of drug-likeness (QED) is 0.829.